The Bertz CT molecular complexity index is 2090. The number of ether oxygens (including phenoxy) is 2. The third-order valence-electron chi connectivity index (χ3n) is 7.26. The summed E-state index contributed by atoms with van der Waals surface area (Å²) in [6.07, 6.45) is 0.0349. The summed E-state index contributed by atoms with van der Waals surface area (Å²) in [5.41, 5.74) is 2.89. The summed E-state index contributed by atoms with van der Waals surface area (Å²) in [7, 11) is 2.82. The number of hydrogen-bond acceptors (Lipinski definition) is 7. The van der Waals surface area contributed by atoms with Crippen LogP contribution in [-0.2, 0) is 11.3 Å². The first-order valence-electron chi connectivity index (χ1n) is 12.8. The Morgan fingerprint density at radius 3 is 2.34 bits per heavy atom. The molecule has 0 fully saturated rings. The minimum atomic E-state index is -0.602. The lowest BCUT2D eigenvalue weighted by molar-refractivity contribution is -0.117. The number of ketones is 1. The minimum absolute atomic E-state index is 0.0104. The molecule has 11 heteroatoms. The summed E-state index contributed by atoms with van der Waals surface area (Å²) in [4.78, 5) is 68.6. The van der Waals surface area contributed by atoms with Crippen LogP contribution in [0.3, 0.4) is 0 Å². The average Bonchev–Trinajstić information content (AvgIpc) is 3.28. The molecule has 0 radical (unpaired) electrons. The molecule has 41 heavy (non-hydrogen) atoms. The maximum absolute atomic E-state index is 13.9. The maximum Gasteiger partial charge on any atom is 0.328 e. The summed E-state index contributed by atoms with van der Waals surface area (Å²) >= 11 is 0. The van der Waals surface area contributed by atoms with Crippen LogP contribution in [0.15, 0.2) is 75.0 Å². The molecule has 0 saturated carbocycles. The summed E-state index contributed by atoms with van der Waals surface area (Å²) in [5.74, 6) is -0.397. The van der Waals surface area contributed by atoms with Crippen molar-refractivity contribution in [2.75, 3.05) is 19.6 Å². The second-order valence-electron chi connectivity index (χ2n) is 9.53. The predicted octanol–water partition coefficient (Wildman–Crippen LogP) is 2.78. The van der Waals surface area contributed by atoms with Gasteiger partial charge in [0.15, 0.2) is 17.3 Å². The van der Waals surface area contributed by atoms with E-state index in [-0.39, 0.29) is 47.6 Å². The van der Waals surface area contributed by atoms with E-state index in [1.807, 2.05) is 0 Å². The van der Waals surface area contributed by atoms with Gasteiger partial charge in [0.2, 0.25) is 5.91 Å². The molecule has 2 N–H and O–H groups in total. The van der Waals surface area contributed by atoms with Gasteiger partial charge in [-0.15, -0.1) is 0 Å². The number of carbonyl (C=O) groups excluding carboxylic acids is 2. The van der Waals surface area contributed by atoms with Crippen LogP contribution in [-0.4, -0.2) is 40.1 Å². The van der Waals surface area contributed by atoms with Crippen LogP contribution in [0.2, 0.25) is 0 Å². The van der Waals surface area contributed by atoms with E-state index in [0.717, 1.165) is 9.24 Å². The van der Waals surface area contributed by atoms with Gasteiger partial charge in [0.1, 0.15) is 0 Å². The van der Waals surface area contributed by atoms with Crippen molar-refractivity contribution in [3.05, 3.63) is 103 Å². The van der Waals surface area contributed by atoms with Crippen molar-refractivity contribution in [1.29, 1.82) is 0 Å². The fourth-order valence-corrected chi connectivity index (χ4v) is 5.39. The van der Waals surface area contributed by atoms with Crippen molar-refractivity contribution in [3.8, 4) is 22.8 Å². The van der Waals surface area contributed by atoms with Crippen molar-refractivity contribution >= 4 is 33.4 Å². The number of fused-ring (bicyclic) bond motifs is 6. The Morgan fingerprint density at radius 1 is 0.854 bits per heavy atom. The van der Waals surface area contributed by atoms with E-state index < -0.39 is 22.7 Å². The van der Waals surface area contributed by atoms with Crippen LogP contribution in [0.5, 0.6) is 11.5 Å². The molecule has 206 valence electrons. The van der Waals surface area contributed by atoms with Crippen LogP contribution in [0.25, 0.3) is 32.9 Å². The fourth-order valence-electron chi connectivity index (χ4n) is 5.39. The minimum Gasteiger partial charge on any atom is -0.493 e. The Balaban J connectivity index is 1.38. The smallest absolute Gasteiger partial charge is 0.328 e. The fraction of sp³-hybridized carbons (Fsp3) is 0.167. The number of methoxy groups -OCH3 is 2. The number of rotatable bonds is 7. The molecule has 3 aromatic carbocycles. The number of aromatic nitrogens is 3. The molecule has 1 amide bonds. The van der Waals surface area contributed by atoms with Crippen molar-refractivity contribution in [2.24, 2.45) is 0 Å². The zero-order valence-corrected chi connectivity index (χ0v) is 22.1. The highest BCUT2D eigenvalue weighted by molar-refractivity contribution is 6.27. The Hall–Kier alpha value is -5.45. The molecule has 2 aromatic heterocycles. The number of nitrogens with one attached hydrogen (secondary N) is 2. The maximum atomic E-state index is 13.9. The van der Waals surface area contributed by atoms with Gasteiger partial charge in [-0.1, -0.05) is 36.4 Å². The normalized spacial score (nSPS) is 11.9. The monoisotopic (exact) mass is 552 g/mol. The molecule has 6 rings (SSSR count). The third-order valence-corrected chi connectivity index (χ3v) is 7.26. The van der Waals surface area contributed by atoms with E-state index >= 15 is 0 Å². The zero-order valence-electron chi connectivity index (χ0n) is 22.1. The molecule has 0 saturated heterocycles. The number of amides is 1. The molecular formula is C30H24N4O7. The van der Waals surface area contributed by atoms with Gasteiger partial charge < -0.3 is 14.5 Å². The summed E-state index contributed by atoms with van der Waals surface area (Å²) < 4.78 is 13.0. The summed E-state index contributed by atoms with van der Waals surface area (Å²) in [5, 5.41) is 0.827. The Kier molecular flexibility index (Phi) is 6.26. The number of nitrogens with zero attached hydrogens (tertiary/aromatic N) is 2. The molecule has 2 heterocycles. The number of para-hydroxylation sites is 1. The van der Waals surface area contributed by atoms with Gasteiger partial charge in [-0.25, -0.2) is 9.47 Å². The van der Waals surface area contributed by atoms with Gasteiger partial charge in [-0.05, 0) is 30.7 Å². The molecule has 11 nitrogen and oxygen atoms in total. The van der Waals surface area contributed by atoms with Crippen LogP contribution < -0.4 is 31.7 Å². The number of carbonyl (C=O) groups is 2. The number of H-pyrrole nitrogens is 1. The second-order valence-corrected chi connectivity index (χ2v) is 9.53. The van der Waals surface area contributed by atoms with E-state index in [0.29, 0.717) is 33.2 Å². The number of benzene rings is 3. The molecule has 0 aliphatic heterocycles. The highest BCUT2D eigenvalue weighted by Gasteiger charge is 2.34. The van der Waals surface area contributed by atoms with E-state index in [1.54, 1.807) is 60.7 Å². The van der Waals surface area contributed by atoms with E-state index in [1.165, 1.54) is 14.2 Å². The predicted molar refractivity (Wildman–Crippen MR) is 153 cm³/mol. The molecule has 1 aliphatic carbocycles. The molecule has 0 spiro atoms. The summed E-state index contributed by atoms with van der Waals surface area (Å²) in [6.45, 7) is -0.0104. The molecular weight excluding hydrogens is 528 g/mol. The topological polar surface area (TPSA) is 141 Å². The highest BCUT2D eigenvalue weighted by atomic mass is 16.5. The van der Waals surface area contributed by atoms with Gasteiger partial charge in [0, 0.05) is 29.5 Å². The van der Waals surface area contributed by atoms with Gasteiger partial charge in [0.05, 0.1) is 41.8 Å². The van der Waals surface area contributed by atoms with Crippen LogP contribution in [0, 0.1) is 0 Å². The van der Waals surface area contributed by atoms with Crippen LogP contribution in [0.4, 0.5) is 0 Å². The van der Waals surface area contributed by atoms with Gasteiger partial charge in [-0.2, -0.15) is 0 Å². The Morgan fingerprint density at radius 2 is 1.59 bits per heavy atom. The first-order valence-corrected chi connectivity index (χ1v) is 12.8. The lowest BCUT2D eigenvalue weighted by atomic mass is 10.0. The SMILES string of the molecule is COc1ccc2c3c(n(NC(=O)CCCn4c(=O)[nH]c5ccccc5c4=O)c(=O)c2c1OC)-c1ccccc1C3=O. The molecule has 0 unspecified atom stereocenters. The molecule has 1 aliphatic rings. The van der Waals surface area contributed by atoms with Gasteiger partial charge >= 0.3 is 5.69 Å². The highest BCUT2D eigenvalue weighted by Crippen LogP contribution is 2.42. The number of aromatic amines is 1. The molecule has 0 bridgehead atoms. The van der Waals surface area contributed by atoms with Crippen LogP contribution >= 0.6 is 0 Å². The zero-order chi connectivity index (χ0) is 28.8. The van der Waals surface area contributed by atoms with E-state index in [2.05, 4.69) is 10.4 Å². The second kappa shape index (κ2) is 9.94. The lowest BCUT2D eigenvalue weighted by Crippen LogP contribution is -2.36. The van der Waals surface area contributed by atoms with Crippen LogP contribution in [0.1, 0.15) is 28.8 Å². The standard InChI is InChI=1S/C30H24N4O7/c1-40-21-14-13-19-23-25(16-8-3-4-9-17(16)26(23)36)34(29(38)24(19)27(21)41-2)32-22(35)12-7-15-33-28(37)18-10-5-6-11-20(18)31-30(33)39/h3-6,8-11,13-14H,7,12,15H2,1-2H3,(H,31,39)(H,32,35). The summed E-state index contributed by atoms with van der Waals surface area (Å²) in [6, 6.07) is 16.8. The third kappa shape index (κ3) is 4.01. The van der Waals surface area contributed by atoms with Crippen molar-refractivity contribution < 1.29 is 19.1 Å². The molecule has 0 atom stereocenters. The first kappa shape index (κ1) is 25.8. The van der Waals surface area contributed by atoms with Crippen molar-refractivity contribution in [2.45, 2.75) is 19.4 Å². The quantitative estimate of drug-likeness (QED) is 0.310. The van der Waals surface area contributed by atoms with Crippen molar-refractivity contribution in [3.63, 3.8) is 0 Å². The van der Waals surface area contributed by atoms with Gasteiger partial charge in [0.25, 0.3) is 11.1 Å². The molecule has 5 aromatic rings. The average molecular weight is 553 g/mol. The van der Waals surface area contributed by atoms with E-state index in [9.17, 15) is 24.0 Å². The number of pyridine rings is 1. The first-order chi connectivity index (χ1) is 19.8. The largest absolute Gasteiger partial charge is 0.493 e. The number of hydrogen-bond donors (Lipinski definition) is 2. The van der Waals surface area contributed by atoms with Crippen molar-refractivity contribution in [1.82, 2.24) is 14.2 Å². The van der Waals surface area contributed by atoms with E-state index in [4.69, 9.17) is 9.47 Å². The lowest BCUT2D eigenvalue weighted by Gasteiger charge is -2.18. The Labute approximate surface area is 231 Å². The van der Waals surface area contributed by atoms with Gasteiger partial charge in [-0.3, -0.25) is 29.2 Å².